The lowest BCUT2D eigenvalue weighted by molar-refractivity contribution is 0.590. The Morgan fingerprint density at radius 2 is 0.764 bits per heavy atom. The smallest absolute Gasteiger partial charge is 0.252 e. The number of hydrogen-bond acceptors (Lipinski definition) is 4. The fraction of sp³-hybridized carbons (Fsp3) is 0.134. The van der Waals surface area contributed by atoms with Gasteiger partial charge in [-0.1, -0.05) is 175 Å². The summed E-state index contributed by atoms with van der Waals surface area (Å²) >= 11 is 3.73. The van der Waals surface area contributed by atoms with Gasteiger partial charge in [0.05, 0.1) is 11.4 Å². The summed E-state index contributed by atoms with van der Waals surface area (Å²) in [5.74, 6) is 0. The summed E-state index contributed by atoms with van der Waals surface area (Å²) in [5, 5.41) is 2.56. The number of aryl methyl sites for hydroxylation is 1. The molecule has 2 aliphatic rings. The fourth-order valence-corrected chi connectivity index (χ4v) is 13.4. The molecular formula is C67H55BN2S2. The molecule has 0 bridgehead atoms. The average Bonchev–Trinajstić information content (AvgIpc) is 4.04. The standard InChI is InChI=1S/C67H55BN2S2/c1-42-34-59-65-60(35-42)70(56-31-27-48(37-52(56)44-20-12-9-13-21-44)64-39-46-23-15-17-25-62(46)72-64)58-33-29-50(67(5,6)7)41-54(58)68(65)53-40-49(66(2,3)4)28-32-57(53)69(59)55-30-26-47(36-51(55)43-18-10-8-11-19-43)63-38-45-22-14-16-24-61(45)71-63/h8-41H,1-7H3. The first-order valence-corrected chi connectivity index (χ1v) is 26.9. The van der Waals surface area contributed by atoms with Crippen LogP contribution < -0.4 is 26.2 Å². The number of anilines is 6. The summed E-state index contributed by atoms with van der Waals surface area (Å²) in [6, 6.07) is 78.2. The van der Waals surface area contributed by atoms with Gasteiger partial charge in [0.15, 0.2) is 0 Å². The number of thiophene rings is 2. The van der Waals surface area contributed by atoms with Crippen molar-refractivity contribution < 1.29 is 0 Å². The number of benzene rings is 9. The monoisotopic (exact) mass is 962 g/mol. The van der Waals surface area contributed by atoms with Crippen LogP contribution >= 0.6 is 22.7 Å². The molecule has 2 aliphatic heterocycles. The predicted molar refractivity (Wildman–Crippen MR) is 315 cm³/mol. The zero-order valence-electron chi connectivity index (χ0n) is 41.9. The topological polar surface area (TPSA) is 6.48 Å². The van der Waals surface area contributed by atoms with Crippen molar-refractivity contribution in [3.05, 3.63) is 223 Å². The van der Waals surface area contributed by atoms with E-state index in [2.05, 4.69) is 265 Å². The molecule has 9 aromatic carbocycles. The molecule has 0 aliphatic carbocycles. The largest absolute Gasteiger partial charge is 0.311 e. The molecule has 72 heavy (non-hydrogen) atoms. The van der Waals surface area contributed by atoms with Gasteiger partial charge in [0.25, 0.3) is 6.71 Å². The highest BCUT2D eigenvalue weighted by molar-refractivity contribution is 7.22. The normalized spacial score (nSPS) is 13.1. The Morgan fingerprint density at radius 3 is 1.18 bits per heavy atom. The molecule has 0 fully saturated rings. The van der Waals surface area contributed by atoms with Gasteiger partial charge < -0.3 is 9.80 Å². The van der Waals surface area contributed by atoms with Crippen LogP contribution in [-0.4, -0.2) is 6.71 Å². The zero-order chi connectivity index (χ0) is 49.0. The van der Waals surface area contributed by atoms with E-state index in [4.69, 9.17) is 0 Å². The second-order valence-corrected chi connectivity index (χ2v) is 24.0. The molecule has 2 nitrogen and oxygen atoms in total. The molecule has 0 spiro atoms. The van der Waals surface area contributed by atoms with E-state index in [1.807, 2.05) is 22.7 Å². The summed E-state index contributed by atoms with van der Waals surface area (Å²) in [4.78, 5) is 7.77. The van der Waals surface area contributed by atoms with Crippen LogP contribution in [0.15, 0.2) is 206 Å². The van der Waals surface area contributed by atoms with Crippen molar-refractivity contribution in [1.29, 1.82) is 0 Å². The molecule has 2 aromatic heterocycles. The van der Waals surface area contributed by atoms with E-state index in [0.717, 1.165) is 0 Å². The van der Waals surface area contributed by atoms with E-state index in [9.17, 15) is 0 Å². The molecular weight excluding hydrogens is 908 g/mol. The van der Waals surface area contributed by atoms with Crippen molar-refractivity contribution in [1.82, 2.24) is 0 Å². The van der Waals surface area contributed by atoms with Gasteiger partial charge in [-0.2, -0.15) is 0 Å². The third-order valence-corrected chi connectivity index (χ3v) is 17.3. The van der Waals surface area contributed by atoms with Gasteiger partial charge in [-0.3, -0.25) is 0 Å². The number of hydrogen-bond donors (Lipinski definition) is 0. The maximum atomic E-state index is 2.61. The Morgan fingerprint density at radius 1 is 0.361 bits per heavy atom. The zero-order valence-corrected chi connectivity index (χ0v) is 43.6. The third kappa shape index (κ3) is 7.44. The molecule has 0 atom stereocenters. The summed E-state index contributed by atoms with van der Waals surface area (Å²) in [7, 11) is 0. The number of rotatable bonds is 6. The first kappa shape index (κ1) is 44.5. The highest BCUT2D eigenvalue weighted by atomic mass is 32.1. The Bertz CT molecular complexity index is 3610. The lowest BCUT2D eigenvalue weighted by Crippen LogP contribution is -2.61. The predicted octanol–water partition coefficient (Wildman–Crippen LogP) is 17.8. The van der Waals surface area contributed by atoms with E-state index in [1.54, 1.807) is 0 Å². The minimum absolute atomic E-state index is 0.0197. The molecule has 5 heteroatoms. The van der Waals surface area contributed by atoms with Gasteiger partial charge in [0.2, 0.25) is 0 Å². The lowest BCUT2D eigenvalue weighted by Gasteiger charge is -2.45. The van der Waals surface area contributed by atoms with Crippen LogP contribution in [0.2, 0.25) is 0 Å². The van der Waals surface area contributed by atoms with Gasteiger partial charge in [-0.25, -0.2) is 0 Å². The van der Waals surface area contributed by atoms with Crippen LogP contribution in [0, 0.1) is 6.92 Å². The Labute approximate surface area is 432 Å². The Hall–Kier alpha value is -7.44. The maximum absolute atomic E-state index is 2.61. The van der Waals surface area contributed by atoms with Crippen LogP contribution in [0.25, 0.3) is 63.3 Å². The van der Waals surface area contributed by atoms with Crippen LogP contribution in [-0.2, 0) is 10.8 Å². The molecule has 0 amide bonds. The fourth-order valence-electron chi connectivity index (χ4n) is 11.3. The molecule has 11 aromatic rings. The van der Waals surface area contributed by atoms with E-state index in [-0.39, 0.29) is 17.5 Å². The molecule has 348 valence electrons. The Kier molecular flexibility index (Phi) is 10.4. The van der Waals surface area contributed by atoms with E-state index < -0.39 is 0 Å². The molecule has 0 unspecified atom stereocenters. The first-order valence-electron chi connectivity index (χ1n) is 25.3. The molecule has 13 rings (SSSR count). The van der Waals surface area contributed by atoms with E-state index in [1.165, 1.54) is 131 Å². The summed E-state index contributed by atoms with van der Waals surface area (Å²) in [5.41, 5.74) is 22.2. The van der Waals surface area contributed by atoms with Crippen molar-refractivity contribution in [2.24, 2.45) is 0 Å². The molecule has 0 saturated heterocycles. The highest BCUT2D eigenvalue weighted by Crippen LogP contribution is 2.51. The molecule has 4 heterocycles. The second kappa shape index (κ2) is 16.8. The van der Waals surface area contributed by atoms with Gasteiger partial charge in [0.1, 0.15) is 0 Å². The first-order chi connectivity index (χ1) is 34.9. The quantitative estimate of drug-likeness (QED) is 0.153. The van der Waals surface area contributed by atoms with Crippen molar-refractivity contribution in [3.8, 4) is 43.1 Å². The molecule has 0 saturated carbocycles. The van der Waals surface area contributed by atoms with Crippen LogP contribution in [0.5, 0.6) is 0 Å². The number of fused-ring (bicyclic) bond motifs is 6. The minimum Gasteiger partial charge on any atom is -0.311 e. The van der Waals surface area contributed by atoms with Crippen molar-refractivity contribution in [2.75, 3.05) is 9.80 Å². The second-order valence-electron chi connectivity index (χ2n) is 21.9. The summed E-state index contributed by atoms with van der Waals surface area (Å²) in [6.45, 7) is 16.3. The maximum Gasteiger partial charge on any atom is 0.252 e. The van der Waals surface area contributed by atoms with Crippen LogP contribution in [0.3, 0.4) is 0 Å². The third-order valence-electron chi connectivity index (χ3n) is 15.0. The Balaban J connectivity index is 1.10. The minimum atomic E-state index is -0.0606. The van der Waals surface area contributed by atoms with Gasteiger partial charge in [-0.05, 0) is 157 Å². The van der Waals surface area contributed by atoms with E-state index >= 15 is 0 Å². The van der Waals surface area contributed by atoms with Crippen LogP contribution in [0.4, 0.5) is 34.1 Å². The molecule has 0 radical (unpaired) electrons. The summed E-state index contributed by atoms with van der Waals surface area (Å²) in [6.07, 6.45) is 0. The van der Waals surface area contributed by atoms with Crippen molar-refractivity contribution in [3.63, 3.8) is 0 Å². The highest BCUT2D eigenvalue weighted by Gasteiger charge is 2.45. The molecule has 0 N–H and O–H groups in total. The van der Waals surface area contributed by atoms with Crippen molar-refractivity contribution >= 4 is 100 Å². The van der Waals surface area contributed by atoms with Gasteiger partial charge in [0, 0.05) is 53.0 Å². The van der Waals surface area contributed by atoms with Crippen LogP contribution in [0.1, 0.15) is 58.2 Å². The number of nitrogens with zero attached hydrogens (tertiary/aromatic N) is 2. The van der Waals surface area contributed by atoms with E-state index in [0.29, 0.717) is 0 Å². The van der Waals surface area contributed by atoms with Gasteiger partial charge >= 0.3 is 0 Å². The summed E-state index contributed by atoms with van der Waals surface area (Å²) < 4.78 is 2.61. The lowest BCUT2D eigenvalue weighted by atomic mass is 9.33. The van der Waals surface area contributed by atoms with Gasteiger partial charge in [-0.15, -0.1) is 22.7 Å². The SMILES string of the molecule is Cc1cc2c3c(c1)N(c1ccc(-c4cc5ccccc5s4)cc1-c1ccccc1)c1ccc(C(C)(C)C)cc1B3c1cc(C(C)(C)C)ccc1N2c1ccc(-c2cc3ccccc3s2)cc1-c1ccccc1. The average molecular weight is 963 g/mol. The van der Waals surface area contributed by atoms with Crippen molar-refractivity contribution in [2.45, 2.75) is 59.3 Å².